The van der Waals surface area contributed by atoms with E-state index in [0.717, 1.165) is 11.0 Å². The molecule has 2 aromatic heterocycles. The maximum absolute atomic E-state index is 5.88. The number of rotatable bonds is 3. The van der Waals surface area contributed by atoms with Crippen molar-refractivity contribution in [3.63, 3.8) is 0 Å². The van der Waals surface area contributed by atoms with Gasteiger partial charge < -0.3 is 10.5 Å². The molecule has 102 valence electrons. The molecule has 0 unspecified atom stereocenters. The van der Waals surface area contributed by atoms with Gasteiger partial charge in [-0.15, -0.1) is 0 Å². The van der Waals surface area contributed by atoms with Crippen LogP contribution in [-0.4, -0.2) is 19.7 Å². The second kappa shape index (κ2) is 4.80. The lowest BCUT2D eigenvalue weighted by Gasteiger charge is -2.06. The fourth-order valence-electron chi connectivity index (χ4n) is 1.84. The first-order chi connectivity index (χ1) is 9.63. The summed E-state index contributed by atoms with van der Waals surface area (Å²) in [6, 6.07) is 7.79. The van der Waals surface area contributed by atoms with Gasteiger partial charge in [-0.05, 0) is 26.0 Å². The number of nitrogens with zero attached hydrogens (tertiary/aromatic N) is 4. The zero-order valence-electron chi connectivity index (χ0n) is 11.3. The summed E-state index contributed by atoms with van der Waals surface area (Å²) in [6.07, 6.45) is 3.44. The molecular formula is C14H15N5O. The molecule has 2 N–H and O–H groups in total. The third kappa shape index (κ3) is 2.27. The van der Waals surface area contributed by atoms with Crippen LogP contribution in [0.1, 0.15) is 19.9 Å². The molecule has 6 nitrogen and oxygen atoms in total. The number of ether oxygens (including phenoxy) is 1. The number of hydrogen-bond acceptors (Lipinski definition) is 5. The molecule has 0 fully saturated rings. The minimum Gasteiger partial charge on any atom is -0.433 e. The van der Waals surface area contributed by atoms with Crippen LogP contribution in [0.5, 0.6) is 11.6 Å². The summed E-state index contributed by atoms with van der Waals surface area (Å²) in [5.74, 6) is 1.16. The number of anilines is 1. The van der Waals surface area contributed by atoms with Gasteiger partial charge in [0.05, 0.1) is 23.4 Å². The molecule has 0 amide bonds. The van der Waals surface area contributed by atoms with Gasteiger partial charge in [0.2, 0.25) is 0 Å². The summed E-state index contributed by atoms with van der Waals surface area (Å²) in [6.45, 7) is 4.09. The van der Waals surface area contributed by atoms with Gasteiger partial charge in [-0.25, -0.2) is 9.97 Å². The Hall–Kier alpha value is -2.63. The molecule has 0 spiro atoms. The van der Waals surface area contributed by atoms with E-state index in [4.69, 9.17) is 10.5 Å². The topological polar surface area (TPSA) is 78.8 Å². The Balaban J connectivity index is 1.95. The van der Waals surface area contributed by atoms with Gasteiger partial charge in [-0.1, -0.05) is 12.1 Å². The van der Waals surface area contributed by atoms with Gasteiger partial charge in [0.1, 0.15) is 0 Å². The van der Waals surface area contributed by atoms with Gasteiger partial charge in [-0.2, -0.15) is 5.10 Å². The summed E-state index contributed by atoms with van der Waals surface area (Å²) in [5, 5.41) is 4.21. The van der Waals surface area contributed by atoms with Crippen LogP contribution in [0.3, 0.4) is 0 Å². The van der Waals surface area contributed by atoms with Crippen molar-refractivity contribution in [2.75, 3.05) is 5.73 Å². The Labute approximate surface area is 116 Å². The van der Waals surface area contributed by atoms with E-state index in [0.29, 0.717) is 11.6 Å². The minimum absolute atomic E-state index is 0.265. The number of hydrogen-bond donors (Lipinski definition) is 1. The summed E-state index contributed by atoms with van der Waals surface area (Å²) >= 11 is 0. The van der Waals surface area contributed by atoms with Gasteiger partial charge in [0, 0.05) is 6.04 Å². The highest BCUT2D eigenvalue weighted by Gasteiger charge is 2.10. The van der Waals surface area contributed by atoms with Gasteiger partial charge in [0.15, 0.2) is 11.6 Å². The van der Waals surface area contributed by atoms with E-state index >= 15 is 0 Å². The maximum Gasteiger partial charge on any atom is 0.263 e. The Bertz CT molecular complexity index is 750. The maximum atomic E-state index is 5.88. The molecule has 0 aliphatic carbocycles. The highest BCUT2D eigenvalue weighted by Crippen LogP contribution is 2.26. The average Bonchev–Trinajstić information content (AvgIpc) is 2.88. The predicted octanol–water partition coefficient (Wildman–Crippen LogP) is 2.78. The van der Waals surface area contributed by atoms with Crippen LogP contribution < -0.4 is 10.5 Å². The van der Waals surface area contributed by atoms with E-state index in [2.05, 4.69) is 15.1 Å². The van der Waals surface area contributed by atoms with Gasteiger partial charge >= 0.3 is 0 Å². The molecule has 0 bridgehead atoms. The number of nitrogen functional groups attached to an aromatic ring is 1. The number of fused-ring (bicyclic) bond motifs is 1. The molecule has 0 saturated carbocycles. The zero-order valence-corrected chi connectivity index (χ0v) is 11.3. The highest BCUT2D eigenvalue weighted by molar-refractivity contribution is 5.76. The lowest BCUT2D eigenvalue weighted by molar-refractivity contribution is 0.461. The predicted molar refractivity (Wildman–Crippen MR) is 76.6 cm³/mol. The molecule has 1 aromatic carbocycles. The first kappa shape index (κ1) is 12.4. The van der Waals surface area contributed by atoms with Crippen molar-refractivity contribution in [2.24, 2.45) is 0 Å². The summed E-state index contributed by atoms with van der Waals surface area (Å²) in [4.78, 5) is 8.65. The molecule has 0 atom stereocenters. The smallest absolute Gasteiger partial charge is 0.263 e. The Kier molecular flexibility index (Phi) is 2.98. The third-order valence-electron chi connectivity index (χ3n) is 2.89. The molecule has 0 radical (unpaired) electrons. The molecule has 0 aliphatic heterocycles. The fraction of sp³-hybridized carbons (Fsp3) is 0.214. The lowest BCUT2D eigenvalue weighted by Crippen LogP contribution is -2.00. The van der Waals surface area contributed by atoms with Crippen molar-refractivity contribution in [1.29, 1.82) is 0 Å². The largest absolute Gasteiger partial charge is 0.433 e. The van der Waals surface area contributed by atoms with Crippen molar-refractivity contribution in [1.82, 2.24) is 19.7 Å². The average molecular weight is 269 g/mol. The van der Waals surface area contributed by atoms with Crippen LogP contribution in [0.2, 0.25) is 0 Å². The van der Waals surface area contributed by atoms with Crippen LogP contribution in [0, 0.1) is 0 Å². The zero-order chi connectivity index (χ0) is 14.1. The minimum atomic E-state index is 0.265. The molecule has 2 heterocycles. The first-order valence-electron chi connectivity index (χ1n) is 6.38. The molecule has 3 rings (SSSR count). The Morgan fingerprint density at radius 1 is 1.15 bits per heavy atom. The second-order valence-corrected chi connectivity index (χ2v) is 4.75. The van der Waals surface area contributed by atoms with Crippen molar-refractivity contribution in [3.05, 3.63) is 36.7 Å². The second-order valence-electron chi connectivity index (χ2n) is 4.75. The van der Waals surface area contributed by atoms with Crippen LogP contribution in [0.4, 0.5) is 5.82 Å². The van der Waals surface area contributed by atoms with E-state index in [-0.39, 0.29) is 11.9 Å². The van der Waals surface area contributed by atoms with Crippen molar-refractivity contribution in [3.8, 4) is 11.6 Å². The third-order valence-corrected chi connectivity index (χ3v) is 2.89. The lowest BCUT2D eigenvalue weighted by atomic mass is 10.3. The Morgan fingerprint density at radius 3 is 2.50 bits per heavy atom. The van der Waals surface area contributed by atoms with E-state index in [1.54, 1.807) is 17.1 Å². The summed E-state index contributed by atoms with van der Waals surface area (Å²) < 4.78 is 7.47. The summed E-state index contributed by atoms with van der Waals surface area (Å²) in [7, 11) is 0. The van der Waals surface area contributed by atoms with E-state index in [1.807, 2.05) is 38.1 Å². The Morgan fingerprint density at radius 2 is 1.85 bits per heavy atom. The molecule has 3 aromatic rings. The quantitative estimate of drug-likeness (QED) is 0.791. The highest BCUT2D eigenvalue weighted by atomic mass is 16.5. The number of nitrogens with two attached hydrogens (primary N) is 1. The van der Waals surface area contributed by atoms with Crippen LogP contribution in [0.25, 0.3) is 11.0 Å². The van der Waals surface area contributed by atoms with Crippen molar-refractivity contribution >= 4 is 16.9 Å². The van der Waals surface area contributed by atoms with Crippen LogP contribution in [0.15, 0.2) is 36.7 Å². The van der Waals surface area contributed by atoms with Crippen LogP contribution >= 0.6 is 0 Å². The molecule has 0 aliphatic rings. The SMILES string of the molecule is CC(C)n1cc(Oc2nc3ccccc3nc2N)cn1. The molecular weight excluding hydrogens is 254 g/mol. The standard InChI is InChI=1S/C14H15N5O/c1-9(2)19-8-10(7-16-19)20-14-13(15)17-11-5-3-4-6-12(11)18-14/h3-9H,1-2H3,(H2,15,17). The summed E-state index contributed by atoms with van der Waals surface area (Å²) in [5.41, 5.74) is 7.36. The molecule has 6 heteroatoms. The van der Waals surface area contributed by atoms with Crippen molar-refractivity contribution < 1.29 is 4.74 Å². The monoisotopic (exact) mass is 269 g/mol. The molecule has 20 heavy (non-hydrogen) atoms. The van der Waals surface area contributed by atoms with E-state index in [9.17, 15) is 0 Å². The first-order valence-corrected chi connectivity index (χ1v) is 6.38. The molecule has 0 saturated heterocycles. The number of aromatic nitrogens is 4. The normalized spacial score (nSPS) is 11.2. The van der Waals surface area contributed by atoms with Crippen molar-refractivity contribution in [2.45, 2.75) is 19.9 Å². The fourth-order valence-corrected chi connectivity index (χ4v) is 1.84. The number of para-hydroxylation sites is 2. The van der Waals surface area contributed by atoms with Crippen LogP contribution in [-0.2, 0) is 0 Å². The van der Waals surface area contributed by atoms with Gasteiger partial charge in [-0.3, -0.25) is 4.68 Å². The van der Waals surface area contributed by atoms with E-state index in [1.165, 1.54) is 0 Å². The van der Waals surface area contributed by atoms with E-state index < -0.39 is 0 Å². The number of benzene rings is 1. The van der Waals surface area contributed by atoms with Gasteiger partial charge in [0.25, 0.3) is 5.88 Å².